The van der Waals surface area contributed by atoms with Gasteiger partial charge in [0.25, 0.3) is 5.91 Å². The van der Waals surface area contributed by atoms with E-state index in [0.717, 1.165) is 22.4 Å². The number of hydrogen-bond donors (Lipinski definition) is 0. The van der Waals surface area contributed by atoms with Crippen LogP contribution in [0.3, 0.4) is 0 Å². The van der Waals surface area contributed by atoms with Crippen molar-refractivity contribution in [3.8, 4) is 5.75 Å². The summed E-state index contributed by atoms with van der Waals surface area (Å²) >= 11 is 6.83. The molecule has 3 aromatic rings. The Morgan fingerprint density at radius 3 is 2.48 bits per heavy atom. The zero-order valence-corrected chi connectivity index (χ0v) is 19.1. The van der Waals surface area contributed by atoms with E-state index >= 15 is 0 Å². The topological polar surface area (TPSA) is 29.5 Å². The second-order valence-electron chi connectivity index (χ2n) is 7.57. The normalized spacial score (nSPS) is 15.0. The first-order valence-corrected chi connectivity index (χ1v) is 11.3. The highest BCUT2D eigenvalue weighted by Gasteiger charge is 2.32. The molecule has 1 amide bonds. The van der Waals surface area contributed by atoms with Gasteiger partial charge in [-0.25, -0.2) is 0 Å². The predicted molar refractivity (Wildman–Crippen MR) is 132 cm³/mol. The van der Waals surface area contributed by atoms with Crippen LogP contribution in [0.1, 0.15) is 27.8 Å². The zero-order valence-electron chi connectivity index (χ0n) is 17.5. The van der Waals surface area contributed by atoms with Crippen LogP contribution in [-0.2, 0) is 17.9 Å². The van der Waals surface area contributed by atoms with E-state index in [1.807, 2.05) is 73.7 Å². The number of benzene rings is 3. The fraction of sp³-hybridized carbons (Fsp3) is 0.154. The van der Waals surface area contributed by atoms with Crippen molar-refractivity contribution >= 4 is 40.3 Å². The molecular weight excluding hydrogens is 422 g/mol. The molecule has 0 aliphatic carbocycles. The molecule has 0 radical (unpaired) electrons. The maximum Gasteiger partial charge on any atom is 0.266 e. The Bertz CT molecular complexity index is 1150. The number of rotatable bonds is 6. The van der Waals surface area contributed by atoms with Crippen molar-refractivity contribution in [1.82, 2.24) is 4.90 Å². The summed E-state index contributed by atoms with van der Waals surface area (Å²) in [6.07, 6.45) is 1.88. The van der Waals surface area contributed by atoms with Crippen LogP contribution in [0.15, 0.2) is 77.7 Å². The third-order valence-electron chi connectivity index (χ3n) is 5.02. The van der Waals surface area contributed by atoms with Crippen molar-refractivity contribution < 1.29 is 9.53 Å². The Hall–Kier alpha value is -2.89. The second kappa shape index (κ2) is 9.50. The van der Waals surface area contributed by atoms with Crippen molar-refractivity contribution in [2.75, 3.05) is 0 Å². The van der Waals surface area contributed by atoms with Crippen molar-refractivity contribution in [2.24, 2.45) is 0 Å². The summed E-state index contributed by atoms with van der Waals surface area (Å²) in [5.41, 5.74) is 5.43. The van der Waals surface area contributed by atoms with Gasteiger partial charge in [0.1, 0.15) is 16.7 Å². The number of amides is 1. The molecule has 0 N–H and O–H groups in total. The summed E-state index contributed by atoms with van der Waals surface area (Å²) < 4.78 is 6.65. The van der Waals surface area contributed by atoms with Gasteiger partial charge in [-0.3, -0.25) is 9.69 Å². The van der Waals surface area contributed by atoms with E-state index in [0.29, 0.717) is 22.4 Å². The van der Waals surface area contributed by atoms with Crippen molar-refractivity contribution in [3.63, 3.8) is 0 Å². The molecule has 156 valence electrons. The van der Waals surface area contributed by atoms with Crippen LogP contribution in [0.2, 0.25) is 0 Å². The van der Waals surface area contributed by atoms with Gasteiger partial charge in [-0.1, -0.05) is 102 Å². The number of carbonyl (C=O) groups is 1. The highest BCUT2D eigenvalue weighted by molar-refractivity contribution is 8.26. The first kappa shape index (κ1) is 21.3. The van der Waals surface area contributed by atoms with Crippen LogP contribution in [0, 0.1) is 13.8 Å². The number of ether oxygens (including phenoxy) is 1. The summed E-state index contributed by atoms with van der Waals surface area (Å²) in [6, 6.07) is 24.2. The summed E-state index contributed by atoms with van der Waals surface area (Å²) in [4.78, 5) is 15.3. The highest BCUT2D eigenvalue weighted by Crippen LogP contribution is 2.35. The molecule has 0 atom stereocenters. The predicted octanol–water partition coefficient (Wildman–Crippen LogP) is 6.28. The molecule has 1 aliphatic heterocycles. The number of para-hydroxylation sites is 1. The zero-order chi connectivity index (χ0) is 21.8. The number of nitrogens with zero attached hydrogens (tertiary/aromatic N) is 1. The first-order chi connectivity index (χ1) is 15.0. The number of thiocarbonyl (C=S) groups is 1. The maximum absolute atomic E-state index is 13.0. The molecule has 0 saturated carbocycles. The molecule has 4 rings (SSSR count). The molecule has 1 fully saturated rings. The van der Waals surface area contributed by atoms with Crippen LogP contribution in [-0.4, -0.2) is 15.1 Å². The molecule has 3 aromatic carbocycles. The SMILES string of the molecule is Cc1ccc(CN2C(=O)/C(=C/c3ccccc3OCc3cccc(C)c3)SC2=S)cc1. The van der Waals surface area contributed by atoms with E-state index in [4.69, 9.17) is 17.0 Å². The van der Waals surface area contributed by atoms with Gasteiger partial charge in [-0.05, 0) is 37.1 Å². The van der Waals surface area contributed by atoms with Crippen LogP contribution in [0.5, 0.6) is 5.75 Å². The molecule has 31 heavy (non-hydrogen) atoms. The van der Waals surface area contributed by atoms with E-state index < -0.39 is 0 Å². The number of carbonyl (C=O) groups excluding carboxylic acids is 1. The summed E-state index contributed by atoms with van der Waals surface area (Å²) in [7, 11) is 0. The quantitative estimate of drug-likeness (QED) is 0.330. The standard InChI is InChI=1S/C26H23NO2S2/c1-18-10-12-20(13-11-18)16-27-25(28)24(31-26(27)30)15-22-8-3-4-9-23(22)29-17-21-7-5-6-19(2)14-21/h3-15H,16-17H2,1-2H3/b24-15-. The number of thioether (sulfide) groups is 1. The van der Waals surface area contributed by atoms with E-state index in [2.05, 4.69) is 19.1 Å². The molecular formula is C26H23NO2S2. The lowest BCUT2D eigenvalue weighted by atomic mass is 10.1. The van der Waals surface area contributed by atoms with Gasteiger partial charge in [0, 0.05) is 5.56 Å². The van der Waals surface area contributed by atoms with Crippen LogP contribution in [0.4, 0.5) is 0 Å². The Morgan fingerprint density at radius 1 is 0.935 bits per heavy atom. The molecule has 0 unspecified atom stereocenters. The van der Waals surface area contributed by atoms with Gasteiger partial charge in [-0.15, -0.1) is 0 Å². The minimum atomic E-state index is -0.0657. The molecule has 0 spiro atoms. The highest BCUT2D eigenvalue weighted by atomic mass is 32.2. The van der Waals surface area contributed by atoms with Gasteiger partial charge in [0.15, 0.2) is 0 Å². The lowest BCUT2D eigenvalue weighted by molar-refractivity contribution is -0.122. The smallest absolute Gasteiger partial charge is 0.266 e. The van der Waals surface area contributed by atoms with Crippen molar-refractivity contribution in [1.29, 1.82) is 0 Å². The average Bonchev–Trinajstić information content (AvgIpc) is 3.02. The maximum atomic E-state index is 13.0. The fourth-order valence-electron chi connectivity index (χ4n) is 3.35. The van der Waals surface area contributed by atoms with Gasteiger partial charge in [0.05, 0.1) is 11.4 Å². The molecule has 3 nitrogen and oxygen atoms in total. The summed E-state index contributed by atoms with van der Waals surface area (Å²) in [5.74, 6) is 0.678. The Morgan fingerprint density at radius 2 is 1.71 bits per heavy atom. The minimum absolute atomic E-state index is 0.0657. The lowest BCUT2D eigenvalue weighted by Crippen LogP contribution is -2.27. The van der Waals surface area contributed by atoms with Gasteiger partial charge >= 0.3 is 0 Å². The number of aryl methyl sites for hydroxylation is 2. The van der Waals surface area contributed by atoms with Crippen LogP contribution >= 0.6 is 24.0 Å². The Labute approximate surface area is 192 Å². The van der Waals surface area contributed by atoms with E-state index in [1.54, 1.807) is 4.90 Å². The van der Waals surface area contributed by atoms with E-state index in [1.165, 1.54) is 22.9 Å². The minimum Gasteiger partial charge on any atom is -0.488 e. The molecule has 1 aliphatic rings. The summed E-state index contributed by atoms with van der Waals surface area (Å²) in [6.45, 7) is 5.06. The van der Waals surface area contributed by atoms with E-state index in [9.17, 15) is 4.79 Å². The second-order valence-corrected chi connectivity index (χ2v) is 9.24. The van der Waals surface area contributed by atoms with E-state index in [-0.39, 0.29) is 5.91 Å². The van der Waals surface area contributed by atoms with Crippen LogP contribution < -0.4 is 4.74 Å². The first-order valence-electron chi connectivity index (χ1n) is 10.1. The molecule has 5 heteroatoms. The van der Waals surface area contributed by atoms with Crippen LogP contribution in [0.25, 0.3) is 6.08 Å². The Kier molecular flexibility index (Phi) is 6.54. The fourth-order valence-corrected chi connectivity index (χ4v) is 4.59. The molecule has 0 aromatic heterocycles. The van der Waals surface area contributed by atoms with Crippen molar-refractivity contribution in [2.45, 2.75) is 27.0 Å². The third kappa shape index (κ3) is 5.24. The van der Waals surface area contributed by atoms with Gasteiger partial charge in [-0.2, -0.15) is 0 Å². The van der Waals surface area contributed by atoms with Crippen molar-refractivity contribution in [3.05, 3.63) is 106 Å². The summed E-state index contributed by atoms with van der Waals surface area (Å²) in [5, 5.41) is 0. The number of hydrogen-bond acceptors (Lipinski definition) is 4. The average molecular weight is 446 g/mol. The van der Waals surface area contributed by atoms with Gasteiger partial charge < -0.3 is 4.74 Å². The molecule has 1 saturated heterocycles. The largest absolute Gasteiger partial charge is 0.488 e. The monoisotopic (exact) mass is 445 g/mol. The lowest BCUT2D eigenvalue weighted by Gasteiger charge is -2.14. The third-order valence-corrected chi connectivity index (χ3v) is 6.40. The molecule has 1 heterocycles. The molecule has 0 bridgehead atoms. The van der Waals surface area contributed by atoms with Gasteiger partial charge in [0.2, 0.25) is 0 Å². The Balaban J connectivity index is 1.51.